The highest BCUT2D eigenvalue weighted by Crippen LogP contribution is 2.44. The van der Waals surface area contributed by atoms with Crippen molar-refractivity contribution >= 4 is 11.5 Å². The summed E-state index contributed by atoms with van der Waals surface area (Å²) in [5, 5.41) is 34.6. The molecule has 192 valence electrons. The van der Waals surface area contributed by atoms with Crippen molar-refractivity contribution in [2.24, 2.45) is 0 Å². The predicted molar refractivity (Wildman–Crippen MR) is 121 cm³/mol. The quantitative estimate of drug-likeness (QED) is 0.341. The van der Waals surface area contributed by atoms with Gasteiger partial charge in [0, 0.05) is 18.1 Å². The lowest BCUT2D eigenvalue weighted by Gasteiger charge is -2.17. The molecule has 3 aromatic heterocycles. The maximum absolute atomic E-state index is 14.1. The number of anilines is 1. The fourth-order valence-corrected chi connectivity index (χ4v) is 3.39. The van der Waals surface area contributed by atoms with Gasteiger partial charge in [0.25, 0.3) is 0 Å². The molecule has 1 aliphatic carbocycles. The topological polar surface area (TPSA) is 151 Å². The van der Waals surface area contributed by atoms with Crippen LogP contribution in [0.5, 0.6) is 5.75 Å². The molecule has 2 aliphatic rings. The summed E-state index contributed by atoms with van der Waals surface area (Å²) < 4.78 is 45.6. The summed E-state index contributed by atoms with van der Waals surface area (Å²) in [6.07, 6.45) is 0.337. The van der Waals surface area contributed by atoms with Gasteiger partial charge in [-0.05, 0) is 38.8 Å². The van der Waals surface area contributed by atoms with Gasteiger partial charge in [-0.1, -0.05) is 13.8 Å². The number of hydrogen-bond acceptors (Lipinski definition) is 9. The second-order valence-electron chi connectivity index (χ2n) is 7.87. The molecule has 2 fully saturated rings. The number of halogens is 3. The van der Waals surface area contributed by atoms with Crippen molar-refractivity contribution in [3.05, 3.63) is 35.7 Å². The Morgan fingerprint density at radius 3 is 2.29 bits per heavy atom. The summed E-state index contributed by atoms with van der Waals surface area (Å²) >= 11 is 0. The molecule has 1 aliphatic heterocycles. The Hall–Kier alpha value is -3.00. The summed E-state index contributed by atoms with van der Waals surface area (Å²) in [6.45, 7) is 5.72. The number of nitrogens with two attached hydrogens (primary N) is 1. The first kappa shape index (κ1) is 26.6. The van der Waals surface area contributed by atoms with Crippen LogP contribution in [0.4, 0.5) is 19.0 Å². The molecule has 0 amide bonds. The van der Waals surface area contributed by atoms with E-state index in [0.717, 1.165) is 25.9 Å². The maximum Gasteiger partial charge on any atom is 0.453 e. The second-order valence-corrected chi connectivity index (χ2v) is 7.87. The number of piperidine rings is 1. The van der Waals surface area contributed by atoms with Gasteiger partial charge in [0.2, 0.25) is 0 Å². The van der Waals surface area contributed by atoms with Gasteiger partial charge >= 0.3 is 6.16 Å². The average molecular weight is 499 g/mol. The Balaban J connectivity index is 0.000000324. The first-order chi connectivity index (χ1) is 16.6. The highest BCUT2D eigenvalue weighted by molar-refractivity contribution is 5.63. The molecule has 0 aromatic carbocycles. The fourth-order valence-electron chi connectivity index (χ4n) is 3.39. The summed E-state index contributed by atoms with van der Waals surface area (Å²) in [4.78, 5) is 7.75. The van der Waals surface area contributed by atoms with Crippen LogP contribution in [0.15, 0.2) is 18.3 Å². The zero-order valence-electron chi connectivity index (χ0n) is 19.4. The molecule has 1 saturated heterocycles. The molecule has 0 atom stereocenters. The van der Waals surface area contributed by atoms with E-state index in [9.17, 15) is 13.2 Å². The Kier molecular flexibility index (Phi) is 8.48. The van der Waals surface area contributed by atoms with Crippen LogP contribution in [-0.4, -0.2) is 60.3 Å². The Morgan fingerprint density at radius 2 is 1.74 bits per heavy atom. The molecular weight excluding hydrogens is 469 g/mol. The van der Waals surface area contributed by atoms with Crippen molar-refractivity contribution in [3.63, 3.8) is 0 Å². The van der Waals surface area contributed by atoms with Crippen molar-refractivity contribution in [2.45, 2.75) is 57.8 Å². The van der Waals surface area contributed by atoms with Crippen LogP contribution in [-0.2, 0) is 0 Å². The molecule has 0 bridgehead atoms. The molecule has 13 heteroatoms. The molecule has 10 nitrogen and oxygen atoms in total. The molecular formula is C22H29F3N6O4. The normalized spacial score (nSPS) is 16.2. The van der Waals surface area contributed by atoms with Crippen molar-refractivity contribution in [2.75, 3.05) is 18.8 Å². The third kappa shape index (κ3) is 6.78. The Bertz CT molecular complexity index is 1140. The van der Waals surface area contributed by atoms with E-state index in [1.807, 2.05) is 13.8 Å². The molecule has 0 radical (unpaired) electrons. The summed E-state index contributed by atoms with van der Waals surface area (Å²) in [7, 11) is 0. The molecule has 6 N–H and O–H groups in total. The molecule has 0 spiro atoms. The third-order valence-corrected chi connectivity index (χ3v) is 5.16. The highest BCUT2D eigenvalue weighted by atomic mass is 19.1. The zero-order chi connectivity index (χ0) is 25.8. The SMILES string of the molecule is CC.FC1CCNCC1.Nc1nc(-c2cnc3cc(OC(O)(O)O)c(C4CC4)nn23)c(F)cc1F. The number of aliphatic hydroxyl groups is 3. The minimum atomic E-state index is -3.38. The van der Waals surface area contributed by atoms with Crippen LogP contribution in [0, 0.1) is 11.6 Å². The smallest absolute Gasteiger partial charge is 0.415 e. The average Bonchev–Trinajstić information content (AvgIpc) is 3.57. The van der Waals surface area contributed by atoms with Gasteiger partial charge in [0.05, 0.1) is 6.20 Å². The summed E-state index contributed by atoms with van der Waals surface area (Å²) in [5.74, 6) is -2.48. The second kappa shape index (κ2) is 11.2. The van der Waals surface area contributed by atoms with Gasteiger partial charge in [-0.3, -0.25) is 0 Å². The molecule has 1 saturated carbocycles. The van der Waals surface area contributed by atoms with Gasteiger partial charge in [-0.15, -0.1) is 0 Å². The van der Waals surface area contributed by atoms with Crippen LogP contribution in [0.3, 0.4) is 0 Å². The van der Waals surface area contributed by atoms with Crippen LogP contribution < -0.4 is 15.8 Å². The van der Waals surface area contributed by atoms with E-state index in [-0.39, 0.29) is 28.7 Å². The molecule has 4 heterocycles. The first-order valence-corrected chi connectivity index (χ1v) is 11.3. The summed E-state index contributed by atoms with van der Waals surface area (Å²) in [6, 6.07) is 1.93. The predicted octanol–water partition coefficient (Wildman–Crippen LogP) is 2.23. The Labute approximate surface area is 199 Å². The van der Waals surface area contributed by atoms with Gasteiger partial charge in [-0.25, -0.2) is 27.7 Å². The van der Waals surface area contributed by atoms with Crippen molar-refractivity contribution in [3.8, 4) is 17.1 Å². The monoisotopic (exact) mass is 498 g/mol. The number of nitrogens with one attached hydrogen (secondary N) is 1. The number of nitrogen functional groups attached to an aromatic ring is 1. The minimum absolute atomic E-state index is 0.0249. The largest absolute Gasteiger partial charge is 0.453 e. The van der Waals surface area contributed by atoms with Crippen LogP contribution in [0.1, 0.15) is 51.1 Å². The number of rotatable bonds is 4. The maximum atomic E-state index is 14.1. The van der Waals surface area contributed by atoms with Crippen LogP contribution >= 0.6 is 0 Å². The molecule has 35 heavy (non-hydrogen) atoms. The number of ether oxygens (including phenoxy) is 1. The van der Waals surface area contributed by atoms with Gasteiger partial charge in [0.1, 0.15) is 23.3 Å². The van der Waals surface area contributed by atoms with E-state index >= 15 is 0 Å². The number of pyridine rings is 1. The lowest BCUT2D eigenvalue weighted by Crippen LogP contribution is -2.35. The lowest BCUT2D eigenvalue weighted by molar-refractivity contribution is -0.419. The molecule has 5 rings (SSSR count). The first-order valence-electron chi connectivity index (χ1n) is 11.3. The van der Waals surface area contributed by atoms with Gasteiger partial charge in [-0.2, -0.15) is 5.10 Å². The van der Waals surface area contributed by atoms with E-state index in [4.69, 9.17) is 25.8 Å². The Morgan fingerprint density at radius 1 is 1.09 bits per heavy atom. The number of fused-ring (bicyclic) bond motifs is 1. The number of hydrogen-bond donors (Lipinski definition) is 5. The van der Waals surface area contributed by atoms with Crippen LogP contribution in [0.25, 0.3) is 17.0 Å². The highest BCUT2D eigenvalue weighted by Gasteiger charge is 2.33. The number of nitrogens with zero attached hydrogens (tertiary/aromatic N) is 4. The standard InChI is InChI=1S/C15H13F2N5O4.C5H10FN.C2H6/c16-7-3-8(17)14(18)20-13(7)9-5-19-11-4-10(26-15(23,24)25)12(6-1-2-6)21-22(9)11;6-5-1-3-7-4-2-5;1-2/h3-6,23-25H,1-2H2,(H2,18,20);5,7H,1-4H2;1-2H3. The third-order valence-electron chi connectivity index (χ3n) is 5.16. The summed E-state index contributed by atoms with van der Waals surface area (Å²) in [5.41, 5.74) is 5.79. The van der Waals surface area contributed by atoms with E-state index in [2.05, 4.69) is 20.4 Å². The van der Waals surface area contributed by atoms with Crippen molar-refractivity contribution in [1.29, 1.82) is 0 Å². The van der Waals surface area contributed by atoms with E-state index in [1.54, 1.807) is 0 Å². The molecule has 3 aromatic rings. The zero-order valence-corrected chi connectivity index (χ0v) is 19.4. The van der Waals surface area contributed by atoms with Crippen molar-refractivity contribution in [1.82, 2.24) is 24.9 Å². The van der Waals surface area contributed by atoms with E-state index < -0.39 is 29.8 Å². The minimum Gasteiger partial charge on any atom is -0.415 e. The van der Waals surface area contributed by atoms with Gasteiger partial charge < -0.3 is 31.1 Å². The number of alkyl halides is 1. The number of aromatic nitrogens is 4. The van der Waals surface area contributed by atoms with E-state index in [0.29, 0.717) is 24.6 Å². The van der Waals surface area contributed by atoms with Crippen LogP contribution in [0.2, 0.25) is 0 Å². The lowest BCUT2D eigenvalue weighted by atomic mass is 10.1. The number of imidazole rings is 1. The van der Waals surface area contributed by atoms with E-state index in [1.165, 1.54) is 16.8 Å². The van der Waals surface area contributed by atoms with Gasteiger partial charge in [0.15, 0.2) is 28.8 Å². The molecule has 0 unspecified atom stereocenters. The van der Waals surface area contributed by atoms with Crippen molar-refractivity contribution < 1.29 is 33.2 Å². The fraction of sp³-hybridized carbons (Fsp3) is 0.500.